The standard InChI is InChI=1S/C20H21N5O2/c26-20(21-13-19-24-23-18-11-6-12-25(18)19)22-17-10-5-4-7-15(17)14-27-16-8-2-1-3-9-16/h1-5,7-10H,6,11-14H2,(H2,21,22,26). The highest BCUT2D eigenvalue weighted by Crippen LogP contribution is 2.18. The van der Waals surface area contributed by atoms with Crippen molar-refractivity contribution in [2.45, 2.75) is 32.5 Å². The van der Waals surface area contributed by atoms with Gasteiger partial charge in [-0.25, -0.2) is 4.79 Å². The van der Waals surface area contributed by atoms with Gasteiger partial charge in [0.25, 0.3) is 0 Å². The summed E-state index contributed by atoms with van der Waals surface area (Å²) >= 11 is 0. The van der Waals surface area contributed by atoms with E-state index in [1.807, 2.05) is 54.6 Å². The molecule has 2 aromatic carbocycles. The molecule has 0 spiro atoms. The van der Waals surface area contributed by atoms with Crippen LogP contribution in [0.25, 0.3) is 0 Å². The summed E-state index contributed by atoms with van der Waals surface area (Å²) in [6, 6.07) is 16.9. The number of aromatic nitrogens is 3. The molecule has 0 atom stereocenters. The number of aryl methyl sites for hydroxylation is 1. The fourth-order valence-corrected chi connectivity index (χ4v) is 3.11. The molecule has 2 heterocycles. The van der Waals surface area contributed by atoms with Crippen molar-refractivity contribution in [3.05, 3.63) is 71.8 Å². The number of fused-ring (bicyclic) bond motifs is 1. The Morgan fingerprint density at radius 2 is 1.89 bits per heavy atom. The van der Waals surface area contributed by atoms with Gasteiger partial charge in [-0.05, 0) is 24.6 Å². The van der Waals surface area contributed by atoms with Gasteiger partial charge in [0.05, 0.1) is 6.54 Å². The van der Waals surface area contributed by atoms with Crippen LogP contribution in [0.3, 0.4) is 0 Å². The van der Waals surface area contributed by atoms with Crippen LogP contribution in [-0.4, -0.2) is 20.8 Å². The predicted molar refractivity (Wildman–Crippen MR) is 101 cm³/mol. The van der Waals surface area contributed by atoms with Crippen molar-refractivity contribution >= 4 is 11.7 Å². The van der Waals surface area contributed by atoms with Gasteiger partial charge in [0, 0.05) is 24.2 Å². The van der Waals surface area contributed by atoms with Crippen LogP contribution >= 0.6 is 0 Å². The first-order valence-electron chi connectivity index (χ1n) is 9.01. The van der Waals surface area contributed by atoms with Gasteiger partial charge in [0.15, 0.2) is 5.82 Å². The third-order valence-corrected chi connectivity index (χ3v) is 4.50. The van der Waals surface area contributed by atoms with Crippen LogP contribution < -0.4 is 15.4 Å². The minimum absolute atomic E-state index is 0.280. The lowest BCUT2D eigenvalue weighted by molar-refractivity contribution is 0.251. The van der Waals surface area contributed by atoms with Crippen molar-refractivity contribution in [2.24, 2.45) is 0 Å². The summed E-state index contributed by atoms with van der Waals surface area (Å²) in [6.45, 7) is 1.64. The maximum absolute atomic E-state index is 12.3. The second-order valence-electron chi connectivity index (χ2n) is 6.35. The van der Waals surface area contributed by atoms with Crippen LogP contribution in [0.2, 0.25) is 0 Å². The lowest BCUT2D eigenvalue weighted by atomic mass is 10.2. The van der Waals surface area contributed by atoms with Gasteiger partial charge >= 0.3 is 6.03 Å². The summed E-state index contributed by atoms with van der Waals surface area (Å²) in [4.78, 5) is 12.3. The summed E-state index contributed by atoms with van der Waals surface area (Å²) < 4.78 is 7.86. The molecule has 7 heteroatoms. The highest BCUT2D eigenvalue weighted by atomic mass is 16.5. The molecule has 1 aromatic heterocycles. The second kappa shape index (κ2) is 7.90. The van der Waals surface area contributed by atoms with E-state index in [1.165, 1.54) is 0 Å². The SMILES string of the molecule is O=C(NCc1nnc2n1CCC2)Nc1ccccc1COc1ccccc1. The van der Waals surface area contributed by atoms with Gasteiger partial charge in [0.2, 0.25) is 0 Å². The Balaban J connectivity index is 1.35. The van der Waals surface area contributed by atoms with Gasteiger partial charge in [-0.1, -0.05) is 36.4 Å². The molecule has 3 aromatic rings. The average molecular weight is 363 g/mol. The Hall–Kier alpha value is -3.35. The molecule has 2 amide bonds. The van der Waals surface area contributed by atoms with Crippen LogP contribution in [-0.2, 0) is 26.1 Å². The molecule has 7 nitrogen and oxygen atoms in total. The number of carbonyl (C=O) groups excluding carboxylic acids is 1. The number of hydrogen-bond acceptors (Lipinski definition) is 4. The summed E-state index contributed by atoms with van der Waals surface area (Å²) in [5.41, 5.74) is 1.62. The first kappa shape index (κ1) is 17.1. The third-order valence-electron chi connectivity index (χ3n) is 4.50. The molecule has 0 radical (unpaired) electrons. The van der Waals surface area contributed by atoms with Crippen LogP contribution in [0.5, 0.6) is 5.75 Å². The Kier molecular flexibility index (Phi) is 5.00. The van der Waals surface area contributed by atoms with Gasteiger partial charge < -0.3 is 19.9 Å². The third kappa shape index (κ3) is 4.08. The highest BCUT2D eigenvalue weighted by Gasteiger charge is 2.17. The average Bonchev–Trinajstić information content (AvgIpc) is 3.31. The van der Waals surface area contributed by atoms with Crippen molar-refractivity contribution in [3.8, 4) is 5.75 Å². The Bertz CT molecular complexity index is 923. The van der Waals surface area contributed by atoms with Crippen molar-refractivity contribution < 1.29 is 9.53 Å². The number of urea groups is 1. The van der Waals surface area contributed by atoms with Crippen molar-refractivity contribution in [3.63, 3.8) is 0 Å². The number of para-hydroxylation sites is 2. The molecule has 0 bridgehead atoms. The Labute approximate surface area is 157 Å². The highest BCUT2D eigenvalue weighted by molar-refractivity contribution is 5.90. The number of rotatable bonds is 6. The van der Waals surface area contributed by atoms with E-state index in [0.717, 1.165) is 48.0 Å². The zero-order valence-electron chi connectivity index (χ0n) is 14.9. The largest absolute Gasteiger partial charge is 0.489 e. The fraction of sp³-hybridized carbons (Fsp3) is 0.250. The molecule has 0 saturated heterocycles. The fourth-order valence-electron chi connectivity index (χ4n) is 3.11. The number of nitrogens with one attached hydrogen (secondary N) is 2. The quantitative estimate of drug-likeness (QED) is 0.705. The molecule has 1 aliphatic rings. The predicted octanol–water partition coefficient (Wildman–Crippen LogP) is 3.13. The van der Waals surface area contributed by atoms with E-state index in [9.17, 15) is 4.79 Å². The summed E-state index contributed by atoms with van der Waals surface area (Å²) in [5.74, 6) is 2.58. The lowest BCUT2D eigenvalue weighted by Gasteiger charge is -2.13. The van der Waals surface area contributed by atoms with E-state index in [-0.39, 0.29) is 6.03 Å². The number of ether oxygens (including phenoxy) is 1. The molecular formula is C20H21N5O2. The molecule has 0 aliphatic carbocycles. The van der Waals surface area contributed by atoms with E-state index >= 15 is 0 Å². The second-order valence-corrected chi connectivity index (χ2v) is 6.35. The van der Waals surface area contributed by atoms with E-state index < -0.39 is 0 Å². The van der Waals surface area contributed by atoms with Gasteiger partial charge in [0.1, 0.15) is 18.2 Å². The maximum atomic E-state index is 12.3. The van der Waals surface area contributed by atoms with Crippen molar-refractivity contribution in [2.75, 3.05) is 5.32 Å². The molecule has 27 heavy (non-hydrogen) atoms. The smallest absolute Gasteiger partial charge is 0.319 e. The molecule has 0 fully saturated rings. The number of nitrogens with zero attached hydrogens (tertiary/aromatic N) is 3. The summed E-state index contributed by atoms with van der Waals surface area (Å²) in [6.07, 6.45) is 2.03. The first-order chi connectivity index (χ1) is 13.3. The zero-order chi connectivity index (χ0) is 18.5. The van der Waals surface area contributed by atoms with E-state index in [1.54, 1.807) is 0 Å². The molecule has 1 aliphatic heterocycles. The molecule has 138 valence electrons. The van der Waals surface area contributed by atoms with Crippen LogP contribution in [0.1, 0.15) is 23.6 Å². The van der Waals surface area contributed by atoms with E-state index in [4.69, 9.17) is 4.74 Å². The monoisotopic (exact) mass is 363 g/mol. The van der Waals surface area contributed by atoms with Crippen LogP contribution in [0.15, 0.2) is 54.6 Å². The number of carbonyl (C=O) groups is 1. The lowest BCUT2D eigenvalue weighted by Crippen LogP contribution is -2.29. The van der Waals surface area contributed by atoms with Crippen LogP contribution in [0, 0.1) is 0 Å². The number of amides is 2. The van der Waals surface area contributed by atoms with Crippen LogP contribution in [0.4, 0.5) is 10.5 Å². The molecular weight excluding hydrogens is 342 g/mol. The Morgan fingerprint density at radius 1 is 1.07 bits per heavy atom. The number of benzene rings is 2. The number of hydrogen-bond donors (Lipinski definition) is 2. The first-order valence-corrected chi connectivity index (χ1v) is 9.01. The van der Waals surface area contributed by atoms with E-state index in [0.29, 0.717) is 13.2 Å². The summed E-state index contributed by atoms with van der Waals surface area (Å²) in [5, 5.41) is 14.0. The Morgan fingerprint density at radius 3 is 2.78 bits per heavy atom. The topological polar surface area (TPSA) is 81.1 Å². The van der Waals surface area contributed by atoms with Gasteiger partial charge in [-0.15, -0.1) is 10.2 Å². The van der Waals surface area contributed by atoms with E-state index in [2.05, 4.69) is 25.4 Å². The maximum Gasteiger partial charge on any atom is 0.319 e. The number of anilines is 1. The molecule has 4 rings (SSSR count). The minimum Gasteiger partial charge on any atom is -0.489 e. The molecule has 0 saturated carbocycles. The molecule has 2 N–H and O–H groups in total. The van der Waals surface area contributed by atoms with Gasteiger partial charge in [-0.2, -0.15) is 0 Å². The van der Waals surface area contributed by atoms with Crippen molar-refractivity contribution in [1.82, 2.24) is 20.1 Å². The molecule has 0 unspecified atom stereocenters. The minimum atomic E-state index is -0.280. The summed E-state index contributed by atoms with van der Waals surface area (Å²) in [7, 11) is 0. The van der Waals surface area contributed by atoms with Crippen molar-refractivity contribution in [1.29, 1.82) is 0 Å². The van der Waals surface area contributed by atoms with Gasteiger partial charge in [-0.3, -0.25) is 0 Å². The zero-order valence-corrected chi connectivity index (χ0v) is 14.9. The normalized spacial score (nSPS) is 12.4.